The Morgan fingerprint density at radius 3 is 2.24 bits per heavy atom. The van der Waals surface area contributed by atoms with Gasteiger partial charge in [0.15, 0.2) is 0 Å². The zero-order valence-corrected chi connectivity index (χ0v) is 15.7. The Hall–Kier alpha value is -0.550. The van der Waals surface area contributed by atoms with Crippen molar-refractivity contribution in [3.8, 4) is 5.75 Å². The second-order valence-corrected chi connectivity index (χ2v) is 6.69. The molecule has 0 saturated heterocycles. The standard InChI is InChI=1S/C16H16Br2ClNO/c1-3-20-16(12-6-4-10(19)8-14(12)17)13-7-5-11(21-2)9-15(13)18/h4-9,16,20H,3H2,1-2H3. The molecule has 2 nitrogen and oxygen atoms in total. The number of methoxy groups -OCH3 is 1. The Morgan fingerprint density at radius 1 is 1.10 bits per heavy atom. The van der Waals surface area contributed by atoms with E-state index in [4.69, 9.17) is 16.3 Å². The van der Waals surface area contributed by atoms with Crippen LogP contribution in [0.3, 0.4) is 0 Å². The number of nitrogens with one attached hydrogen (secondary N) is 1. The number of ether oxygens (including phenoxy) is 1. The molecule has 0 amide bonds. The van der Waals surface area contributed by atoms with Gasteiger partial charge in [0.1, 0.15) is 5.75 Å². The van der Waals surface area contributed by atoms with E-state index in [2.05, 4.69) is 50.2 Å². The molecule has 0 saturated carbocycles. The van der Waals surface area contributed by atoms with Crippen LogP contribution < -0.4 is 10.1 Å². The Bertz CT molecular complexity index is 634. The molecular weight excluding hydrogens is 417 g/mol. The van der Waals surface area contributed by atoms with Gasteiger partial charge < -0.3 is 10.1 Å². The van der Waals surface area contributed by atoms with E-state index >= 15 is 0 Å². The summed E-state index contributed by atoms with van der Waals surface area (Å²) in [7, 11) is 1.67. The van der Waals surface area contributed by atoms with E-state index in [9.17, 15) is 0 Å². The minimum atomic E-state index is 0.0712. The van der Waals surface area contributed by atoms with Gasteiger partial charge in [0.2, 0.25) is 0 Å². The van der Waals surface area contributed by atoms with Gasteiger partial charge in [-0.25, -0.2) is 0 Å². The monoisotopic (exact) mass is 431 g/mol. The smallest absolute Gasteiger partial charge is 0.120 e. The second kappa shape index (κ2) is 7.63. The number of halogens is 3. The highest BCUT2D eigenvalue weighted by molar-refractivity contribution is 9.10. The highest BCUT2D eigenvalue weighted by Crippen LogP contribution is 2.35. The van der Waals surface area contributed by atoms with E-state index < -0.39 is 0 Å². The van der Waals surface area contributed by atoms with Crippen molar-refractivity contribution < 1.29 is 4.74 Å². The quantitative estimate of drug-likeness (QED) is 0.665. The fraction of sp³-hybridized carbons (Fsp3) is 0.250. The summed E-state index contributed by atoms with van der Waals surface area (Å²) in [5.41, 5.74) is 2.30. The number of hydrogen-bond acceptors (Lipinski definition) is 2. The van der Waals surface area contributed by atoms with E-state index in [0.717, 1.165) is 37.4 Å². The summed E-state index contributed by atoms with van der Waals surface area (Å²) in [6.07, 6.45) is 0. The van der Waals surface area contributed by atoms with Gasteiger partial charge in [-0.05, 0) is 41.9 Å². The molecule has 0 spiro atoms. The molecule has 0 aliphatic heterocycles. The van der Waals surface area contributed by atoms with Crippen LogP contribution in [0.1, 0.15) is 24.1 Å². The number of hydrogen-bond donors (Lipinski definition) is 1. The molecule has 5 heteroatoms. The molecule has 0 bridgehead atoms. The van der Waals surface area contributed by atoms with Gasteiger partial charge >= 0.3 is 0 Å². The summed E-state index contributed by atoms with van der Waals surface area (Å²) in [5.74, 6) is 0.830. The molecule has 0 aromatic heterocycles. The Balaban J connectivity index is 2.48. The lowest BCUT2D eigenvalue weighted by atomic mass is 9.98. The van der Waals surface area contributed by atoms with Crippen molar-refractivity contribution in [1.82, 2.24) is 5.32 Å². The number of rotatable bonds is 5. The maximum atomic E-state index is 6.04. The first kappa shape index (κ1) is 16.8. The molecule has 0 heterocycles. The van der Waals surface area contributed by atoms with Crippen LogP contribution in [0.2, 0.25) is 5.02 Å². The first-order chi connectivity index (χ1) is 10.1. The van der Waals surface area contributed by atoms with Crippen molar-refractivity contribution >= 4 is 43.5 Å². The third-order valence-electron chi connectivity index (χ3n) is 3.20. The fourth-order valence-electron chi connectivity index (χ4n) is 2.20. The van der Waals surface area contributed by atoms with Crippen LogP contribution >= 0.6 is 43.5 Å². The van der Waals surface area contributed by atoms with Crippen LogP contribution in [0.5, 0.6) is 5.75 Å². The molecule has 0 fully saturated rings. The predicted octanol–water partition coefficient (Wildman–Crippen LogP) is 5.57. The maximum absolute atomic E-state index is 6.04. The number of benzene rings is 2. The summed E-state index contributed by atoms with van der Waals surface area (Å²) in [4.78, 5) is 0. The molecule has 0 aliphatic carbocycles. The average Bonchev–Trinajstić information content (AvgIpc) is 2.46. The van der Waals surface area contributed by atoms with Crippen LogP contribution in [0, 0.1) is 0 Å². The molecule has 1 unspecified atom stereocenters. The van der Waals surface area contributed by atoms with Crippen LogP contribution in [0.25, 0.3) is 0 Å². The molecule has 0 radical (unpaired) electrons. The minimum absolute atomic E-state index is 0.0712. The lowest BCUT2D eigenvalue weighted by Gasteiger charge is -2.22. The lowest BCUT2D eigenvalue weighted by Crippen LogP contribution is -2.22. The van der Waals surface area contributed by atoms with Gasteiger partial charge in [-0.1, -0.05) is 62.5 Å². The lowest BCUT2D eigenvalue weighted by molar-refractivity contribution is 0.414. The van der Waals surface area contributed by atoms with Crippen LogP contribution in [-0.4, -0.2) is 13.7 Å². The summed E-state index contributed by atoms with van der Waals surface area (Å²) in [6.45, 7) is 2.95. The molecule has 2 aromatic carbocycles. The SMILES string of the molecule is CCNC(c1ccc(Cl)cc1Br)c1ccc(OC)cc1Br. The zero-order valence-electron chi connectivity index (χ0n) is 11.8. The topological polar surface area (TPSA) is 21.3 Å². The summed E-state index contributed by atoms with van der Waals surface area (Å²) >= 11 is 13.3. The largest absolute Gasteiger partial charge is 0.497 e. The van der Waals surface area contributed by atoms with Crippen molar-refractivity contribution in [3.05, 3.63) is 61.5 Å². The molecule has 2 rings (SSSR count). The van der Waals surface area contributed by atoms with Crippen molar-refractivity contribution in [3.63, 3.8) is 0 Å². The van der Waals surface area contributed by atoms with Gasteiger partial charge in [-0.15, -0.1) is 0 Å². The molecule has 21 heavy (non-hydrogen) atoms. The second-order valence-electron chi connectivity index (χ2n) is 4.54. The Morgan fingerprint density at radius 2 is 1.71 bits per heavy atom. The van der Waals surface area contributed by atoms with Crippen molar-refractivity contribution in [1.29, 1.82) is 0 Å². The molecule has 1 atom stereocenters. The van der Waals surface area contributed by atoms with Gasteiger partial charge in [0.25, 0.3) is 0 Å². The average molecular weight is 434 g/mol. The third-order valence-corrected chi connectivity index (χ3v) is 4.81. The van der Waals surface area contributed by atoms with Crippen molar-refractivity contribution in [2.75, 3.05) is 13.7 Å². The maximum Gasteiger partial charge on any atom is 0.120 e. The first-order valence-electron chi connectivity index (χ1n) is 6.58. The first-order valence-corrected chi connectivity index (χ1v) is 8.55. The minimum Gasteiger partial charge on any atom is -0.497 e. The van der Waals surface area contributed by atoms with E-state index in [1.165, 1.54) is 0 Å². The van der Waals surface area contributed by atoms with Gasteiger partial charge in [-0.2, -0.15) is 0 Å². The normalized spacial score (nSPS) is 12.2. The molecule has 2 aromatic rings. The summed E-state index contributed by atoms with van der Waals surface area (Å²) in [5, 5.41) is 4.23. The van der Waals surface area contributed by atoms with Crippen LogP contribution in [-0.2, 0) is 0 Å². The van der Waals surface area contributed by atoms with Crippen LogP contribution in [0.15, 0.2) is 45.3 Å². The molecule has 1 N–H and O–H groups in total. The predicted molar refractivity (Wildman–Crippen MR) is 95.4 cm³/mol. The van der Waals surface area contributed by atoms with Gasteiger partial charge in [-0.3, -0.25) is 0 Å². The van der Waals surface area contributed by atoms with E-state index in [1.54, 1.807) is 7.11 Å². The molecule has 112 valence electrons. The van der Waals surface area contributed by atoms with E-state index in [1.807, 2.05) is 30.3 Å². The highest BCUT2D eigenvalue weighted by Gasteiger charge is 2.19. The van der Waals surface area contributed by atoms with E-state index in [0.29, 0.717) is 0 Å². The fourth-order valence-corrected chi connectivity index (χ4v) is 3.69. The Kier molecular flexibility index (Phi) is 6.11. The summed E-state index contributed by atoms with van der Waals surface area (Å²) < 4.78 is 7.26. The third kappa shape index (κ3) is 4.01. The molecular formula is C16H16Br2ClNO. The van der Waals surface area contributed by atoms with Crippen molar-refractivity contribution in [2.45, 2.75) is 13.0 Å². The molecule has 0 aliphatic rings. The zero-order chi connectivity index (χ0) is 15.4. The van der Waals surface area contributed by atoms with Crippen molar-refractivity contribution in [2.24, 2.45) is 0 Å². The van der Waals surface area contributed by atoms with Crippen LogP contribution in [0.4, 0.5) is 0 Å². The van der Waals surface area contributed by atoms with Gasteiger partial charge in [0.05, 0.1) is 13.2 Å². The van der Waals surface area contributed by atoms with E-state index in [-0.39, 0.29) is 6.04 Å². The van der Waals surface area contributed by atoms with Gasteiger partial charge in [0, 0.05) is 14.0 Å². The summed E-state index contributed by atoms with van der Waals surface area (Å²) in [6, 6.07) is 11.9. The highest BCUT2D eigenvalue weighted by atomic mass is 79.9. The Labute approximate surface area is 147 Å².